The average molecular weight is 267 g/mol. The van der Waals surface area contributed by atoms with Gasteiger partial charge in [0, 0.05) is 12.1 Å². The molecule has 0 amide bonds. The van der Waals surface area contributed by atoms with Crippen LogP contribution < -0.4 is 10.5 Å². The van der Waals surface area contributed by atoms with Crippen molar-refractivity contribution in [3.63, 3.8) is 0 Å². The normalized spacial score (nSPS) is 14.7. The van der Waals surface area contributed by atoms with Crippen molar-refractivity contribution in [3.05, 3.63) is 18.2 Å². The quantitative estimate of drug-likeness (QED) is 0.713. The number of aliphatic hydroxyl groups is 1. The van der Waals surface area contributed by atoms with Gasteiger partial charge in [-0.1, -0.05) is 11.8 Å². The number of aromatic amines is 1. The fourth-order valence-corrected chi connectivity index (χ4v) is 2.50. The van der Waals surface area contributed by atoms with Gasteiger partial charge in [-0.05, 0) is 19.1 Å². The minimum Gasteiger partial charge on any atom is -0.497 e. The van der Waals surface area contributed by atoms with Crippen LogP contribution in [0.3, 0.4) is 0 Å². The van der Waals surface area contributed by atoms with Gasteiger partial charge in [0.05, 0.1) is 30.0 Å². The van der Waals surface area contributed by atoms with E-state index >= 15 is 0 Å². The van der Waals surface area contributed by atoms with E-state index in [1.54, 1.807) is 7.11 Å². The highest BCUT2D eigenvalue weighted by atomic mass is 32.2. The van der Waals surface area contributed by atoms with Crippen LogP contribution in [0.25, 0.3) is 11.0 Å². The number of H-pyrrole nitrogens is 1. The highest BCUT2D eigenvalue weighted by Gasteiger charge is 2.16. The third-order valence-electron chi connectivity index (χ3n) is 2.70. The van der Waals surface area contributed by atoms with E-state index in [2.05, 4.69) is 9.97 Å². The molecule has 2 aromatic rings. The van der Waals surface area contributed by atoms with E-state index < -0.39 is 0 Å². The molecule has 1 heterocycles. The van der Waals surface area contributed by atoms with Crippen molar-refractivity contribution < 1.29 is 9.84 Å². The molecule has 0 aliphatic rings. The lowest BCUT2D eigenvalue weighted by atomic mass is 10.3. The van der Waals surface area contributed by atoms with E-state index in [0.717, 1.165) is 21.9 Å². The van der Waals surface area contributed by atoms with Crippen LogP contribution >= 0.6 is 11.8 Å². The molecule has 0 aliphatic carbocycles. The van der Waals surface area contributed by atoms with E-state index in [1.807, 2.05) is 25.1 Å². The van der Waals surface area contributed by atoms with Gasteiger partial charge in [-0.25, -0.2) is 4.98 Å². The lowest BCUT2D eigenvalue weighted by molar-refractivity contribution is 0.285. The zero-order valence-corrected chi connectivity index (χ0v) is 11.2. The fraction of sp³-hybridized carbons (Fsp3) is 0.417. The predicted molar refractivity (Wildman–Crippen MR) is 73.0 cm³/mol. The second kappa shape index (κ2) is 5.60. The maximum atomic E-state index is 9.25. The van der Waals surface area contributed by atoms with Crippen LogP contribution in [0.15, 0.2) is 23.4 Å². The number of nitrogens with two attached hydrogens (primary N) is 1. The van der Waals surface area contributed by atoms with E-state index in [0.29, 0.717) is 0 Å². The summed E-state index contributed by atoms with van der Waals surface area (Å²) in [6, 6.07) is 5.57. The Morgan fingerprint density at radius 3 is 2.94 bits per heavy atom. The van der Waals surface area contributed by atoms with Gasteiger partial charge >= 0.3 is 0 Å². The van der Waals surface area contributed by atoms with Crippen LogP contribution in [0, 0.1) is 0 Å². The van der Waals surface area contributed by atoms with Crippen molar-refractivity contribution in [1.82, 2.24) is 9.97 Å². The number of thioether (sulfide) groups is 1. The summed E-state index contributed by atoms with van der Waals surface area (Å²) in [5.74, 6) is 0.786. The zero-order valence-electron chi connectivity index (χ0n) is 10.4. The summed E-state index contributed by atoms with van der Waals surface area (Å²) < 4.78 is 5.16. The molecule has 0 radical (unpaired) electrons. The molecule has 0 bridgehead atoms. The minimum absolute atomic E-state index is 0.0305. The van der Waals surface area contributed by atoms with Crippen molar-refractivity contribution in [2.75, 3.05) is 13.7 Å². The molecule has 5 nitrogen and oxygen atoms in total. The summed E-state index contributed by atoms with van der Waals surface area (Å²) in [5.41, 5.74) is 7.58. The lowest BCUT2D eigenvalue weighted by Gasteiger charge is -2.15. The van der Waals surface area contributed by atoms with Crippen LogP contribution in [-0.2, 0) is 0 Å². The van der Waals surface area contributed by atoms with Crippen molar-refractivity contribution >= 4 is 22.8 Å². The van der Waals surface area contributed by atoms with Crippen LogP contribution in [0.1, 0.15) is 6.92 Å². The molecule has 1 aromatic heterocycles. The number of nitrogens with zero attached hydrogens (tertiary/aromatic N) is 1. The number of benzene rings is 1. The number of rotatable bonds is 5. The van der Waals surface area contributed by atoms with Crippen LogP contribution in [0.5, 0.6) is 5.75 Å². The van der Waals surface area contributed by atoms with E-state index in [9.17, 15) is 5.11 Å². The van der Waals surface area contributed by atoms with Gasteiger partial charge in [-0.2, -0.15) is 0 Å². The summed E-state index contributed by atoms with van der Waals surface area (Å²) in [4.78, 5) is 7.64. The largest absolute Gasteiger partial charge is 0.497 e. The number of ether oxygens (including phenoxy) is 1. The topological polar surface area (TPSA) is 84.2 Å². The molecule has 0 saturated carbocycles. The predicted octanol–water partition coefficient (Wildman–Crippen LogP) is 1.37. The smallest absolute Gasteiger partial charge is 0.166 e. The Labute approximate surface area is 110 Å². The number of methoxy groups -OCH3 is 1. The SMILES string of the molecule is COc1ccc2nc(SC(CO)C(C)N)[nH]c2c1. The first-order chi connectivity index (χ1) is 8.63. The van der Waals surface area contributed by atoms with Gasteiger partial charge in [-0.15, -0.1) is 0 Å². The number of imidazole rings is 1. The van der Waals surface area contributed by atoms with E-state index in [4.69, 9.17) is 10.5 Å². The number of hydrogen-bond donors (Lipinski definition) is 3. The Morgan fingerprint density at radius 1 is 1.56 bits per heavy atom. The van der Waals surface area contributed by atoms with Gasteiger partial charge in [-0.3, -0.25) is 0 Å². The molecular weight excluding hydrogens is 250 g/mol. The Kier molecular flexibility index (Phi) is 4.11. The molecule has 6 heteroatoms. The molecule has 4 N–H and O–H groups in total. The highest BCUT2D eigenvalue weighted by molar-refractivity contribution is 7.99. The third kappa shape index (κ3) is 2.77. The number of hydrogen-bond acceptors (Lipinski definition) is 5. The maximum absolute atomic E-state index is 9.25. The van der Waals surface area contributed by atoms with E-state index in [1.165, 1.54) is 11.8 Å². The van der Waals surface area contributed by atoms with Gasteiger partial charge in [0.2, 0.25) is 0 Å². The Hall–Kier alpha value is -1.24. The van der Waals surface area contributed by atoms with Crippen LogP contribution in [0.2, 0.25) is 0 Å². The van der Waals surface area contributed by atoms with Gasteiger partial charge in [0.1, 0.15) is 5.75 Å². The Balaban J connectivity index is 2.24. The summed E-state index contributed by atoms with van der Waals surface area (Å²) in [6.07, 6.45) is 0. The van der Waals surface area contributed by atoms with Crippen molar-refractivity contribution in [2.45, 2.75) is 23.4 Å². The lowest BCUT2D eigenvalue weighted by Crippen LogP contribution is -2.31. The first kappa shape index (κ1) is 13.2. The number of aromatic nitrogens is 2. The summed E-state index contributed by atoms with van der Waals surface area (Å²) >= 11 is 1.45. The summed E-state index contributed by atoms with van der Waals surface area (Å²) in [7, 11) is 1.63. The molecule has 0 saturated heterocycles. The van der Waals surface area contributed by atoms with Crippen molar-refractivity contribution in [2.24, 2.45) is 5.73 Å². The molecule has 0 aliphatic heterocycles. The molecule has 2 unspecified atom stereocenters. The fourth-order valence-electron chi connectivity index (χ4n) is 1.60. The maximum Gasteiger partial charge on any atom is 0.166 e. The first-order valence-corrected chi connectivity index (χ1v) is 6.59. The van der Waals surface area contributed by atoms with Crippen LogP contribution in [-0.4, -0.2) is 40.1 Å². The number of nitrogens with one attached hydrogen (secondary N) is 1. The van der Waals surface area contributed by atoms with E-state index in [-0.39, 0.29) is 17.9 Å². The van der Waals surface area contributed by atoms with Crippen molar-refractivity contribution in [1.29, 1.82) is 0 Å². The van der Waals surface area contributed by atoms with Gasteiger partial charge < -0.3 is 20.6 Å². The molecule has 0 spiro atoms. The molecule has 0 fully saturated rings. The Morgan fingerprint density at radius 2 is 2.33 bits per heavy atom. The van der Waals surface area contributed by atoms with Gasteiger partial charge in [0.25, 0.3) is 0 Å². The third-order valence-corrected chi connectivity index (χ3v) is 3.99. The highest BCUT2D eigenvalue weighted by Crippen LogP contribution is 2.26. The molecule has 18 heavy (non-hydrogen) atoms. The number of aliphatic hydroxyl groups excluding tert-OH is 1. The summed E-state index contributed by atoms with van der Waals surface area (Å²) in [6.45, 7) is 1.91. The standard InChI is InChI=1S/C12H17N3O2S/c1-7(13)11(6-16)18-12-14-9-4-3-8(17-2)5-10(9)15-12/h3-5,7,11,16H,6,13H2,1-2H3,(H,14,15). The summed E-state index contributed by atoms with van der Waals surface area (Å²) in [5, 5.41) is 9.95. The molecule has 98 valence electrons. The van der Waals surface area contributed by atoms with Crippen molar-refractivity contribution in [3.8, 4) is 5.75 Å². The average Bonchev–Trinajstić information content (AvgIpc) is 2.76. The molecule has 2 rings (SSSR count). The minimum atomic E-state index is -0.0947. The Bertz CT molecular complexity index is 527. The second-order valence-electron chi connectivity index (χ2n) is 4.12. The monoisotopic (exact) mass is 267 g/mol. The molecular formula is C12H17N3O2S. The number of fused-ring (bicyclic) bond motifs is 1. The molecule has 2 atom stereocenters. The van der Waals surface area contributed by atoms with Gasteiger partial charge in [0.15, 0.2) is 5.16 Å². The molecule has 1 aromatic carbocycles. The second-order valence-corrected chi connectivity index (χ2v) is 5.35. The zero-order chi connectivity index (χ0) is 13.1. The van der Waals surface area contributed by atoms with Crippen LogP contribution in [0.4, 0.5) is 0 Å². The first-order valence-electron chi connectivity index (χ1n) is 5.71.